The van der Waals surface area contributed by atoms with Crippen molar-refractivity contribution in [1.29, 1.82) is 0 Å². The molecular formula is C12H14N2O3S. The summed E-state index contributed by atoms with van der Waals surface area (Å²) in [5.41, 5.74) is 0. The van der Waals surface area contributed by atoms with Gasteiger partial charge in [-0.3, -0.25) is 9.69 Å². The minimum atomic E-state index is -0.798. The van der Waals surface area contributed by atoms with Crippen molar-refractivity contribution in [1.82, 2.24) is 9.88 Å². The number of nitrogens with zero attached hydrogens (tertiary/aromatic N) is 2. The molecule has 0 bridgehead atoms. The van der Waals surface area contributed by atoms with E-state index in [0.717, 1.165) is 10.6 Å². The summed E-state index contributed by atoms with van der Waals surface area (Å²) in [5.74, 6) is 0.562. The lowest BCUT2D eigenvalue weighted by molar-refractivity contribution is -0.137. The van der Waals surface area contributed by atoms with E-state index in [1.807, 2.05) is 29.5 Å². The summed E-state index contributed by atoms with van der Waals surface area (Å²) in [6, 6.07) is 3.93. The quantitative estimate of drug-likeness (QED) is 0.869. The maximum atomic E-state index is 10.5. The molecule has 0 unspecified atom stereocenters. The Morgan fingerprint density at radius 1 is 1.61 bits per heavy atom. The predicted octanol–water partition coefficient (Wildman–Crippen LogP) is 2.31. The molecule has 6 heteroatoms. The van der Waals surface area contributed by atoms with Gasteiger partial charge in [0.1, 0.15) is 0 Å². The first-order chi connectivity index (χ1) is 8.65. The summed E-state index contributed by atoms with van der Waals surface area (Å²) in [4.78, 5) is 17.6. The fourth-order valence-corrected chi connectivity index (χ4v) is 2.18. The smallest absolute Gasteiger partial charge is 0.304 e. The number of aliphatic carboxylic acids is 1. The summed E-state index contributed by atoms with van der Waals surface area (Å²) >= 11 is 1.60. The van der Waals surface area contributed by atoms with Crippen LogP contribution in [0.4, 0.5) is 0 Å². The molecule has 0 aliphatic rings. The number of thiophene rings is 1. The van der Waals surface area contributed by atoms with Crippen LogP contribution in [0.5, 0.6) is 0 Å². The van der Waals surface area contributed by atoms with Gasteiger partial charge in [0.05, 0.1) is 24.0 Å². The summed E-state index contributed by atoms with van der Waals surface area (Å²) in [6.07, 6.45) is 1.82. The van der Waals surface area contributed by atoms with Crippen molar-refractivity contribution in [2.75, 3.05) is 13.6 Å². The predicted molar refractivity (Wildman–Crippen MR) is 68.4 cm³/mol. The second-order valence-electron chi connectivity index (χ2n) is 3.98. The topological polar surface area (TPSA) is 66.6 Å². The van der Waals surface area contributed by atoms with Gasteiger partial charge in [-0.1, -0.05) is 6.07 Å². The van der Waals surface area contributed by atoms with Gasteiger partial charge in [-0.05, 0) is 18.5 Å². The van der Waals surface area contributed by atoms with Crippen LogP contribution in [0, 0.1) is 0 Å². The summed E-state index contributed by atoms with van der Waals surface area (Å²) in [5, 5.41) is 10.6. The fourth-order valence-electron chi connectivity index (χ4n) is 1.51. The third-order valence-corrected chi connectivity index (χ3v) is 3.31. The SMILES string of the molecule is CN(CCC(=O)O)Cc1ncc(-c2cccs2)o1. The van der Waals surface area contributed by atoms with Crippen LogP contribution < -0.4 is 0 Å². The molecule has 5 nitrogen and oxygen atoms in total. The van der Waals surface area contributed by atoms with Crippen LogP contribution in [0.15, 0.2) is 28.1 Å². The van der Waals surface area contributed by atoms with Crippen LogP contribution in [-0.4, -0.2) is 34.6 Å². The molecule has 2 rings (SSSR count). The number of oxazole rings is 1. The van der Waals surface area contributed by atoms with Crippen LogP contribution in [0.2, 0.25) is 0 Å². The van der Waals surface area contributed by atoms with Crippen molar-refractivity contribution in [3.8, 4) is 10.6 Å². The first-order valence-corrected chi connectivity index (χ1v) is 6.42. The number of aromatic nitrogens is 1. The number of hydrogen-bond acceptors (Lipinski definition) is 5. The molecule has 0 saturated heterocycles. The minimum absolute atomic E-state index is 0.120. The Morgan fingerprint density at radius 2 is 2.44 bits per heavy atom. The molecule has 0 aliphatic carbocycles. The highest BCUT2D eigenvalue weighted by atomic mass is 32.1. The number of carbonyl (C=O) groups is 1. The molecule has 0 saturated carbocycles. The largest absolute Gasteiger partial charge is 0.481 e. The average molecular weight is 266 g/mol. The molecule has 1 N–H and O–H groups in total. The maximum Gasteiger partial charge on any atom is 0.304 e. The van der Waals surface area contributed by atoms with Gasteiger partial charge in [0, 0.05) is 6.54 Å². The van der Waals surface area contributed by atoms with E-state index in [2.05, 4.69) is 4.98 Å². The van der Waals surface area contributed by atoms with Crippen molar-refractivity contribution in [3.05, 3.63) is 29.6 Å². The van der Waals surface area contributed by atoms with Crippen LogP contribution in [0.25, 0.3) is 10.6 Å². The lowest BCUT2D eigenvalue weighted by atomic mass is 10.4. The molecule has 0 radical (unpaired) electrons. The van der Waals surface area contributed by atoms with E-state index in [4.69, 9.17) is 9.52 Å². The van der Waals surface area contributed by atoms with Gasteiger partial charge in [0.25, 0.3) is 0 Å². The molecule has 18 heavy (non-hydrogen) atoms. The van der Waals surface area contributed by atoms with E-state index in [0.29, 0.717) is 19.0 Å². The van der Waals surface area contributed by atoms with Gasteiger partial charge in [0.15, 0.2) is 5.76 Å². The molecule has 0 amide bonds. The number of carboxylic acids is 1. The number of hydrogen-bond donors (Lipinski definition) is 1. The fraction of sp³-hybridized carbons (Fsp3) is 0.333. The third kappa shape index (κ3) is 3.41. The highest BCUT2D eigenvalue weighted by molar-refractivity contribution is 7.13. The molecular weight excluding hydrogens is 252 g/mol. The van der Waals surface area contributed by atoms with Crippen LogP contribution in [0.1, 0.15) is 12.3 Å². The molecule has 2 aromatic rings. The van der Waals surface area contributed by atoms with Crippen molar-refractivity contribution in [2.24, 2.45) is 0 Å². The Morgan fingerprint density at radius 3 is 3.11 bits per heavy atom. The molecule has 0 atom stereocenters. The van der Waals surface area contributed by atoms with Crippen molar-refractivity contribution < 1.29 is 14.3 Å². The van der Waals surface area contributed by atoms with Gasteiger partial charge in [-0.25, -0.2) is 4.98 Å². The van der Waals surface area contributed by atoms with E-state index in [1.165, 1.54) is 0 Å². The summed E-state index contributed by atoms with van der Waals surface area (Å²) < 4.78 is 5.62. The Bertz CT molecular complexity index is 507. The minimum Gasteiger partial charge on any atom is -0.481 e. The molecule has 0 fully saturated rings. The second kappa shape index (κ2) is 5.79. The van der Waals surface area contributed by atoms with Crippen LogP contribution in [0.3, 0.4) is 0 Å². The zero-order chi connectivity index (χ0) is 13.0. The second-order valence-corrected chi connectivity index (χ2v) is 4.92. The van der Waals surface area contributed by atoms with Crippen LogP contribution in [-0.2, 0) is 11.3 Å². The Hall–Kier alpha value is -1.66. The third-order valence-electron chi connectivity index (χ3n) is 2.43. The number of rotatable bonds is 6. The maximum absolute atomic E-state index is 10.5. The van der Waals surface area contributed by atoms with Crippen LogP contribution >= 0.6 is 11.3 Å². The standard InChI is InChI=1S/C12H14N2O3S/c1-14(5-4-12(15)16)8-11-13-7-9(17-11)10-3-2-6-18-10/h2-3,6-7H,4-5,8H2,1H3,(H,15,16). The highest BCUT2D eigenvalue weighted by Crippen LogP contribution is 2.25. The van der Waals surface area contributed by atoms with Crippen molar-refractivity contribution in [2.45, 2.75) is 13.0 Å². The monoisotopic (exact) mass is 266 g/mol. The zero-order valence-corrected chi connectivity index (χ0v) is 10.8. The molecule has 2 aromatic heterocycles. The van der Waals surface area contributed by atoms with E-state index in [1.54, 1.807) is 17.5 Å². The number of carboxylic acid groups (broad SMARTS) is 1. The molecule has 0 aromatic carbocycles. The average Bonchev–Trinajstić information content (AvgIpc) is 2.95. The Balaban J connectivity index is 1.92. The van der Waals surface area contributed by atoms with Gasteiger partial charge in [-0.2, -0.15) is 0 Å². The Kier molecular flexibility index (Phi) is 4.11. The molecule has 0 spiro atoms. The molecule has 2 heterocycles. The van der Waals surface area contributed by atoms with E-state index >= 15 is 0 Å². The first kappa shape index (κ1) is 12.8. The summed E-state index contributed by atoms with van der Waals surface area (Å²) in [6.45, 7) is 0.991. The van der Waals surface area contributed by atoms with Crippen molar-refractivity contribution >= 4 is 17.3 Å². The first-order valence-electron chi connectivity index (χ1n) is 5.54. The van der Waals surface area contributed by atoms with Gasteiger partial charge in [0.2, 0.25) is 5.89 Å². The van der Waals surface area contributed by atoms with E-state index in [-0.39, 0.29) is 6.42 Å². The zero-order valence-electron chi connectivity index (χ0n) is 10.00. The normalized spacial score (nSPS) is 11.0. The van der Waals surface area contributed by atoms with Gasteiger partial charge < -0.3 is 9.52 Å². The van der Waals surface area contributed by atoms with Gasteiger partial charge in [-0.15, -0.1) is 11.3 Å². The van der Waals surface area contributed by atoms with Gasteiger partial charge >= 0.3 is 5.97 Å². The lowest BCUT2D eigenvalue weighted by Gasteiger charge is -2.12. The highest BCUT2D eigenvalue weighted by Gasteiger charge is 2.10. The molecule has 96 valence electrons. The lowest BCUT2D eigenvalue weighted by Crippen LogP contribution is -2.21. The summed E-state index contributed by atoms with van der Waals surface area (Å²) in [7, 11) is 1.85. The van der Waals surface area contributed by atoms with E-state index in [9.17, 15) is 4.79 Å². The molecule has 0 aliphatic heterocycles. The van der Waals surface area contributed by atoms with E-state index < -0.39 is 5.97 Å². The Labute approximate surface area is 109 Å². The van der Waals surface area contributed by atoms with Crippen molar-refractivity contribution in [3.63, 3.8) is 0 Å².